The van der Waals surface area contributed by atoms with Gasteiger partial charge in [-0.25, -0.2) is 0 Å². The molecule has 0 aromatic rings. The molecule has 0 unspecified atom stereocenters. The van der Waals surface area contributed by atoms with E-state index in [2.05, 4.69) is 6.58 Å². The minimum Gasteiger partial charge on any atom is -0.392 e. The van der Waals surface area contributed by atoms with E-state index >= 15 is 0 Å². The van der Waals surface area contributed by atoms with Crippen LogP contribution >= 0.6 is 0 Å². The topological polar surface area (TPSA) is 40.5 Å². The monoisotopic (exact) mass is 170 g/mol. The fraction of sp³-hybridized carbons (Fsp3) is 0.600. The number of hydrogen-bond donors (Lipinski definition) is 2. The zero-order chi connectivity index (χ0) is 9.61. The normalized spacial score (nSPS) is 17.2. The van der Waals surface area contributed by atoms with E-state index in [-0.39, 0.29) is 6.61 Å². The maximum Gasteiger partial charge on any atom is 0.0800 e. The molecule has 70 valence electrons. The minimum atomic E-state index is -0.785. The van der Waals surface area contributed by atoms with Crippen LogP contribution in [0.15, 0.2) is 24.3 Å². The zero-order valence-electron chi connectivity index (χ0n) is 7.88. The fourth-order valence-electron chi connectivity index (χ4n) is 0.777. The standard InChI is InChI=1S/C10H18O2/c1-4-10(3,12)7-5-6-9(2)8-11/h4,6,11-12H,1,5,7-8H2,2-3H3/b9-6-/t10-/m1/s1. The summed E-state index contributed by atoms with van der Waals surface area (Å²) in [5, 5.41) is 18.2. The van der Waals surface area contributed by atoms with Crippen LogP contribution in [0.3, 0.4) is 0 Å². The average molecular weight is 170 g/mol. The second-order valence-corrected chi connectivity index (χ2v) is 3.31. The zero-order valence-corrected chi connectivity index (χ0v) is 7.88. The lowest BCUT2D eigenvalue weighted by Gasteiger charge is -2.16. The lowest BCUT2D eigenvalue weighted by molar-refractivity contribution is 0.103. The highest BCUT2D eigenvalue weighted by Gasteiger charge is 2.12. The molecule has 0 bridgehead atoms. The van der Waals surface area contributed by atoms with E-state index in [4.69, 9.17) is 5.11 Å². The maximum atomic E-state index is 9.50. The molecule has 0 aromatic carbocycles. The quantitative estimate of drug-likeness (QED) is 0.616. The van der Waals surface area contributed by atoms with Gasteiger partial charge in [-0.05, 0) is 26.7 Å². The molecule has 0 radical (unpaired) electrons. The van der Waals surface area contributed by atoms with Gasteiger partial charge in [0.1, 0.15) is 0 Å². The first kappa shape index (κ1) is 11.4. The molecule has 0 aliphatic rings. The molecule has 0 saturated carbocycles. The van der Waals surface area contributed by atoms with Gasteiger partial charge in [-0.1, -0.05) is 17.7 Å². The van der Waals surface area contributed by atoms with Gasteiger partial charge in [0, 0.05) is 0 Å². The smallest absolute Gasteiger partial charge is 0.0800 e. The third kappa shape index (κ3) is 5.10. The molecule has 12 heavy (non-hydrogen) atoms. The van der Waals surface area contributed by atoms with Crippen molar-refractivity contribution in [3.63, 3.8) is 0 Å². The van der Waals surface area contributed by atoms with Crippen molar-refractivity contribution in [2.45, 2.75) is 32.3 Å². The number of rotatable bonds is 5. The maximum absolute atomic E-state index is 9.50. The summed E-state index contributed by atoms with van der Waals surface area (Å²) in [6, 6.07) is 0. The molecule has 0 aliphatic carbocycles. The number of aliphatic hydroxyl groups is 2. The highest BCUT2D eigenvalue weighted by molar-refractivity contribution is 5.00. The summed E-state index contributed by atoms with van der Waals surface area (Å²) >= 11 is 0. The van der Waals surface area contributed by atoms with Crippen molar-refractivity contribution in [1.82, 2.24) is 0 Å². The van der Waals surface area contributed by atoms with Crippen LogP contribution in [0.2, 0.25) is 0 Å². The summed E-state index contributed by atoms with van der Waals surface area (Å²) in [4.78, 5) is 0. The predicted octanol–water partition coefficient (Wildman–Crippen LogP) is 1.64. The first-order chi connectivity index (χ1) is 5.52. The van der Waals surface area contributed by atoms with E-state index < -0.39 is 5.60 Å². The molecule has 2 N–H and O–H groups in total. The SMILES string of the molecule is C=C[C@@](C)(O)CC/C=C(/C)CO. The van der Waals surface area contributed by atoms with Crippen molar-refractivity contribution in [3.05, 3.63) is 24.3 Å². The summed E-state index contributed by atoms with van der Waals surface area (Å²) in [5.74, 6) is 0. The van der Waals surface area contributed by atoms with E-state index in [0.29, 0.717) is 6.42 Å². The van der Waals surface area contributed by atoms with Gasteiger partial charge in [0.05, 0.1) is 12.2 Å². The molecule has 0 fully saturated rings. The molecule has 2 heteroatoms. The average Bonchev–Trinajstić information content (AvgIpc) is 2.04. The molecule has 0 saturated heterocycles. The van der Waals surface area contributed by atoms with Gasteiger partial charge in [-0.15, -0.1) is 6.58 Å². The van der Waals surface area contributed by atoms with Crippen LogP contribution in [-0.4, -0.2) is 22.4 Å². The predicted molar refractivity (Wildman–Crippen MR) is 50.9 cm³/mol. The molecule has 0 rings (SSSR count). The third-order valence-corrected chi connectivity index (χ3v) is 1.83. The molecule has 0 amide bonds. The van der Waals surface area contributed by atoms with Crippen molar-refractivity contribution in [2.75, 3.05) is 6.61 Å². The Morgan fingerprint density at radius 1 is 1.58 bits per heavy atom. The van der Waals surface area contributed by atoms with Crippen LogP contribution in [0.4, 0.5) is 0 Å². The molecule has 0 aromatic heterocycles. The summed E-state index contributed by atoms with van der Waals surface area (Å²) in [6.07, 6.45) is 4.88. The molecular formula is C10H18O2. The first-order valence-electron chi connectivity index (χ1n) is 4.14. The van der Waals surface area contributed by atoms with E-state index in [9.17, 15) is 5.11 Å². The van der Waals surface area contributed by atoms with E-state index in [1.807, 2.05) is 13.0 Å². The highest BCUT2D eigenvalue weighted by Crippen LogP contribution is 2.13. The second kappa shape index (κ2) is 5.12. The number of allylic oxidation sites excluding steroid dienone is 1. The van der Waals surface area contributed by atoms with E-state index in [1.54, 1.807) is 6.92 Å². The van der Waals surface area contributed by atoms with E-state index in [1.165, 1.54) is 6.08 Å². The Bertz CT molecular complexity index is 169. The van der Waals surface area contributed by atoms with Crippen molar-refractivity contribution in [2.24, 2.45) is 0 Å². The number of hydrogen-bond acceptors (Lipinski definition) is 2. The first-order valence-corrected chi connectivity index (χ1v) is 4.14. The molecule has 2 nitrogen and oxygen atoms in total. The molecule has 0 spiro atoms. The Balaban J connectivity index is 3.77. The fourth-order valence-corrected chi connectivity index (χ4v) is 0.777. The van der Waals surface area contributed by atoms with Gasteiger partial charge in [0.15, 0.2) is 0 Å². The molecular weight excluding hydrogens is 152 g/mol. The Hall–Kier alpha value is -0.600. The summed E-state index contributed by atoms with van der Waals surface area (Å²) in [7, 11) is 0. The van der Waals surface area contributed by atoms with Gasteiger partial charge in [-0.2, -0.15) is 0 Å². The molecule has 1 atom stereocenters. The number of aliphatic hydroxyl groups excluding tert-OH is 1. The van der Waals surface area contributed by atoms with Crippen molar-refractivity contribution in [3.8, 4) is 0 Å². The summed E-state index contributed by atoms with van der Waals surface area (Å²) in [5.41, 5.74) is 0.154. The Kier molecular flexibility index (Phi) is 4.86. The van der Waals surface area contributed by atoms with E-state index in [0.717, 1.165) is 12.0 Å². The highest BCUT2D eigenvalue weighted by atomic mass is 16.3. The minimum absolute atomic E-state index is 0.0935. The van der Waals surface area contributed by atoms with Crippen LogP contribution in [0.1, 0.15) is 26.7 Å². The van der Waals surface area contributed by atoms with Crippen LogP contribution in [0, 0.1) is 0 Å². The van der Waals surface area contributed by atoms with Crippen LogP contribution in [0.5, 0.6) is 0 Å². The van der Waals surface area contributed by atoms with Crippen LogP contribution in [-0.2, 0) is 0 Å². The van der Waals surface area contributed by atoms with Gasteiger partial charge in [0.2, 0.25) is 0 Å². The molecule has 0 heterocycles. The largest absolute Gasteiger partial charge is 0.392 e. The van der Waals surface area contributed by atoms with Gasteiger partial charge in [0.25, 0.3) is 0 Å². The second-order valence-electron chi connectivity index (χ2n) is 3.31. The van der Waals surface area contributed by atoms with Gasteiger partial charge < -0.3 is 10.2 Å². The summed E-state index contributed by atoms with van der Waals surface area (Å²) in [6.45, 7) is 7.21. The van der Waals surface area contributed by atoms with Gasteiger partial charge in [-0.3, -0.25) is 0 Å². The lowest BCUT2D eigenvalue weighted by atomic mass is 10.00. The lowest BCUT2D eigenvalue weighted by Crippen LogP contribution is -2.19. The Morgan fingerprint density at radius 3 is 2.58 bits per heavy atom. The summed E-state index contributed by atoms with van der Waals surface area (Å²) < 4.78 is 0. The van der Waals surface area contributed by atoms with Crippen molar-refractivity contribution in [1.29, 1.82) is 0 Å². The van der Waals surface area contributed by atoms with Crippen molar-refractivity contribution < 1.29 is 10.2 Å². The Morgan fingerprint density at radius 2 is 2.17 bits per heavy atom. The van der Waals surface area contributed by atoms with Crippen molar-refractivity contribution >= 4 is 0 Å². The third-order valence-electron chi connectivity index (χ3n) is 1.83. The van der Waals surface area contributed by atoms with Crippen LogP contribution in [0.25, 0.3) is 0 Å². The Labute approximate surface area is 74.2 Å². The molecule has 0 aliphatic heterocycles. The van der Waals surface area contributed by atoms with Crippen LogP contribution < -0.4 is 0 Å². The van der Waals surface area contributed by atoms with Gasteiger partial charge >= 0.3 is 0 Å².